The Morgan fingerprint density at radius 3 is 3.00 bits per heavy atom. The fourth-order valence-corrected chi connectivity index (χ4v) is 3.97. The Bertz CT molecular complexity index is 646. The molecule has 5 heteroatoms. The van der Waals surface area contributed by atoms with E-state index in [0.717, 1.165) is 17.7 Å². The van der Waals surface area contributed by atoms with Crippen LogP contribution in [0.2, 0.25) is 0 Å². The Kier molecular flexibility index (Phi) is 3.89. The van der Waals surface area contributed by atoms with Gasteiger partial charge in [0.05, 0.1) is 12.1 Å². The van der Waals surface area contributed by atoms with E-state index in [1.165, 1.54) is 29.0 Å². The van der Waals surface area contributed by atoms with Crippen molar-refractivity contribution in [3.05, 3.63) is 55.4 Å². The summed E-state index contributed by atoms with van der Waals surface area (Å²) in [6, 6.07) is 6.53. The maximum absolute atomic E-state index is 13.6. The van der Waals surface area contributed by atoms with E-state index in [-0.39, 0.29) is 11.5 Å². The molecule has 3 rings (SSSR count). The zero-order valence-electron chi connectivity index (χ0n) is 10.7. The summed E-state index contributed by atoms with van der Waals surface area (Å²) >= 11 is 4.99. The molecule has 0 saturated heterocycles. The van der Waals surface area contributed by atoms with E-state index in [1.807, 2.05) is 0 Å². The van der Waals surface area contributed by atoms with Crippen molar-refractivity contribution >= 4 is 33.2 Å². The van der Waals surface area contributed by atoms with Crippen molar-refractivity contribution in [3.63, 3.8) is 0 Å². The summed E-state index contributed by atoms with van der Waals surface area (Å²) in [6.45, 7) is 0.461. The van der Waals surface area contributed by atoms with Gasteiger partial charge < -0.3 is 5.32 Å². The van der Waals surface area contributed by atoms with Crippen molar-refractivity contribution in [1.82, 2.24) is 5.32 Å². The van der Waals surface area contributed by atoms with E-state index in [4.69, 9.17) is 0 Å². The molecule has 0 spiro atoms. The zero-order valence-corrected chi connectivity index (χ0v) is 13.1. The van der Waals surface area contributed by atoms with Crippen LogP contribution in [-0.2, 0) is 19.4 Å². The first-order valence-corrected chi connectivity index (χ1v) is 8.08. The van der Waals surface area contributed by atoms with Crippen LogP contribution < -0.4 is 5.32 Å². The average molecular weight is 354 g/mol. The second-order valence-corrected chi connectivity index (χ2v) is 6.96. The van der Waals surface area contributed by atoms with Gasteiger partial charge in [-0.05, 0) is 49.1 Å². The fourth-order valence-electron chi connectivity index (χ4n) is 2.41. The molecule has 0 aliphatic heterocycles. The first-order chi connectivity index (χ1) is 9.63. The topological polar surface area (TPSA) is 29.1 Å². The normalized spacial score (nSPS) is 13.3. The lowest BCUT2D eigenvalue weighted by atomic mass is 10.2. The molecule has 2 aromatic rings. The molecule has 0 radical (unpaired) electrons. The first-order valence-electron chi connectivity index (χ1n) is 6.47. The van der Waals surface area contributed by atoms with Crippen LogP contribution in [0.1, 0.15) is 32.1 Å². The molecule has 1 heterocycles. The fraction of sp³-hybridized carbons (Fsp3) is 0.267. The Morgan fingerprint density at radius 1 is 1.35 bits per heavy atom. The molecule has 0 saturated carbocycles. The van der Waals surface area contributed by atoms with E-state index >= 15 is 0 Å². The van der Waals surface area contributed by atoms with Crippen molar-refractivity contribution in [1.29, 1.82) is 0 Å². The van der Waals surface area contributed by atoms with E-state index in [0.29, 0.717) is 11.0 Å². The van der Waals surface area contributed by atoms with E-state index < -0.39 is 5.82 Å². The monoisotopic (exact) mass is 353 g/mol. The van der Waals surface area contributed by atoms with Gasteiger partial charge >= 0.3 is 0 Å². The lowest BCUT2D eigenvalue weighted by Crippen LogP contribution is -2.23. The Morgan fingerprint density at radius 2 is 2.20 bits per heavy atom. The SMILES string of the molecule is O=C(NCc1cc2c(s1)CCC2)c1cc(Br)ccc1F. The number of thiophene rings is 1. The van der Waals surface area contributed by atoms with Crippen LogP contribution in [0, 0.1) is 5.82 Å². The molecule has 104 valence electrons. The third-order valence-electron chi connectivity index (χ3n) is 3.39. The molecule has 1 amide bonds. The zero-order chi connectivity index (χ0) is 14.1. The van der Waals surface area contributed by atoms with Crippen LogP contribution in [0.15, 0.2) is 28.7 Å². The number of halogens is 2. The summed E-state index contributed by atoms with van der Waals surface area (Å²) in [5, 5.41) is 2.78. The maximum atomic E-state index is 13.6. The molecule has 1 aliphatic carbocycles. The van der Waals surface area contributed by atoms with Crippen molar-refractivity contribution in [3.8, 4) is 0 Å². The summed E-state index contributed by atoms with van der Waals surface area (Å²) < 4.78 is 14.3. The number of carbonyl (C=O) groups excluding carboxylic acids is 1. The summed E-state index contributed by atoms with van der Waals surface area (Å²) in [4.78, 5) is 14.6. The Balaban J connectivity index is 1.68. The van der Waals surface area contributed by atoms with Gasteiger partial charge in [-0.2, -0.15) is 0 Å². The van der Waals surface area contributed by atoms with Gasteiger partial charge in [-0.3, -0.25) is 4.79 Å². The molecular weight excluding hydrogens is 341 g/mol. The number of benzene rings is 1. The summed E-state index contributed by atoms with van der Waals surface area (Å²) in [7, 11) is 0. The van der Waals surface area contributed by atoms with E-state index in [2.05, 4.69) is 27.3 Å². The van der Waals surface area contributed by atoms with Gasteiger partial charge in [-0.1, -0.05) is 15.9 Å². The number of hydrogen-bond donors (Lipinski definition) is 1. The molecule has 1 N–H and O–H groups in total. The van der Waals surface area contributed by atoms with Crippen LogP contribution >= 0.6 is 27.3 Å². The summed E-state index contributed by atoms with van der Waals surface area (Å²) in [5.41, 5.74) is 1.48. The number of carbonyl (C=O) groups is 1. The highest BCUT2D eigenvalue weighted by Gasteiger charge is 2.16. The quantitative estimate of drug-likeness (QED) is 0.885. The van der Waals surface area contributed by atoms with Gasteiger partial charge in [-0.25, -0.2) is 4.39 Å². The molecule has 2 nitrogen and oxygen atoms in total. The molecule has 1 aliphatic rings. The lowest BCUT2D eigenvalue weighted by molar-refractivity contribution is 0.0947. The number of aryl methyl sites for hydroxylation is 2. The third kappa shape index (κ3) is 2.79. The Labute approximate surface area is 129 Å². The Hall–Kier alpha value is -1.20. The second kappa shape index (κ2) is 5.66. The summed E-state index contributed by atoms with van der Waals surface area (Å²) in [6.07, 6.45) is 3.52. The van der Waals surface area contributed by atoms with E-state index in [9.17, 15) is 9.18 Å². The lowest BCUT2D eigenvalue weighted by Gasteiger charge is -2.05. The summed E-state index contributed by atoms with van der Waals surface area (Å²) in [5.74, 6) is -0.878. The predicted molar refractivity (Wildman–Crippen MR) is 81.6 cm³/mol. The van der Waals surface area contributed by atoms with Crippen LogP contribution in [-0.4, -0.2) is 5.91 Å². The number of rotatable bonds is 3. The molecule has 1 aromatic carbocycles. The second-order valence-electron chi connectivity index (χ2n) is 4.82. The highest BCUT2D eigenvalue weighted by molar-refractivity contribution is 9.10. The predicted octanol–water partition coefficient (Wildman–Crippen LogP) is 4.07. The van der Waals surface area contributed by atoms with Crippen molar-refractivity contribution in [2.75, 3.05) is 0 Å². The number of nitrogens with one attached hydrogen (secondary N) is 1. The van der Waals surface area contributed by atoms with Crippen molar-refractivity contribution < 1.29 is 9.18 Å². The largest absolute Gasteiger partial charge is 0.347 e. The molecule has 1 aromatic heterocycles. The average Bonchev–Trinajstić information content (AvgIpc) is 2.99. The minimum atomic E-state index is -0.501. The molecule has 0 atom stereocenters. The number of amides is 1. The van der Waals surface area contributed by atoms with Crippen molar-refractivity contribution in [2.45, 2.75) is 25.8 Å². The molecule has 0 fully saturated rings. The van der Waals surface area contributed by atoms with Gasteiger partial charge in [0.2, 0.25) is 0 Å². The maximum Gasteiger partial charge on any atom is 0.254 e. The van der Waals surface area contributed by atoms with E-state index in [1.54, 1.807) is 17.4 Å². The van der Waals surface area contributed by atoms with Crippen LogP contribution in [0.25, 0.3) is 0 Å². The van der Waals surface area contributed by atoms with Gasteiger partial charge in [0.15, 0.2) is 0 Å². The molecule has 0 unspecified atom stereocenters. The van der Waals surface area contributed by atoms with Crippen LogP contribution in [0.5, 0.6) is 0 Å². The van der Waals surface area contributed by atoms with Crippen LogP contribution in [0.3, 0.4) is 0 Å². The minimum Gasteiger partial charge on any atom is -0.347 e. The standard InChI is InChI=1S/C15H13BrFNOS/c16-10-4-5-13(17)12(7-10)15(19)18-8-11-6-9-2-1-3-14(9)20-11/h4-7H,1-3,8H2,(H,18,19). The number of hydrogen-bond acceptors (Lipinski definition) is 2. The van der Waals surface area contributed by atoms with Crippen LogP contribution in [0.4, 0.5) is 4.39 Å². The smallest absolute Gasteiger partial charge is 0.254 e. The van der Waals surface area contributed by atoms with Gasteiger partial charge in [0.1, 0.15) is 5.82 Å². The molecule has 20 heavy (non-hydrogen) atoms. The first kappa shape index (κ1) is 13.8. The van der Waals surface area contributed by atoms with Gasteiger partial charge in [0, 0.05) is 14.2 Å². The van der Waals surface area contributed by atoms with Gasteiger partial charge in [-0.15, -0.1) is 11.3 Å². The van der Waals surface area contributed by atoms with Crippen molar-refractivity contribution in [2.24, 2.45) is 0 Å². The molecular formula is C15H13BrFNOS. The minimum absolute atomic E-state index is 0.0727. The highest BCUT2D eigenvalue weighted by Crippen LogP contribution is 2.30. The highest BCUT2D eigenvalue weighted by atomic mass is 79.9. The number of fused-ring (bicyclic) bond motifs is 1. The van der Waals surface area contributed by atoms with Gasteiger partial charge in [0.25, 0.3) is 5.91 Å². The third-order valence-corrected chi connectivity index (χ3v) is 5.12. The molecule has 0 bridgehead atoms.